The summed E-state index contributed by atoms with van der Waals surface area (Å²) in [5.74, 6) is 0.772. The molecule has 4 heteroatoms. The molecule has 4 nitrogen and oxygen atoms in total. The lowest BCUT2D eigenvalue weighted by atomic mass is 9.88. The third-order valence-corrected chi connectivity index (χ3v) is 6.09. The number of hydrogen-bond donors (Lipinski definition) is 1. The van der Waals surface area contributed by atoms with Gasteiger partial charge in [0.2, 0.25) is 0 Å². The van der Waals surface area contributed by atoms with Gasteiger partial charge < -0.3 is 15.4 Å². The quantitative estimate of drug-likeness (QED) is 0.810. The van der Waals surface area contributed by atoms with E-state index in [1.54, 1.807) is 0 Å². The zero-order valence-corrected chi connectivity index (χ0v) is 13.7. The van der Waals surface area contributed by atoms with Crippen LogP contribution in [0.2, 0.25) is 0 Å². The van der Waals surface area contributed by atoms with E-state index in [2.05, 4.69) is 9.80 Å². The highest BCUT2D eigenvalue weighted by molar-refractivity contribution is 5.05. The first kappa shape index (κ1) is 15.7. The van der Waals surface area contributed by atoms with Gasteiger partial charge >= 0.3 is 0 Å². The van der Waals surface area contributed by atoms with Crippen LogP contribution < -0.4 is 5.73 Å². The molecule has 1 aliphatic carbocycles. The van der Waals surface area contributed by atoms with E-state index in [1.807, 2.05) is 7.11 Å². The molecular formula is C17H33N3O. The van der Waals surface area contributed by atoms with Crippen LogP contribution >= 0.6 is 0 Å². The molecule has 0 spiro atoms. The second-order valence-corrected chi connectivity index (χ2v) is 7.33. The van der Waals surface area contributed by atoms with Gasteiger partial charge in [-0.05, 0) is 57.5 Å². The van der Waals surface area contributed by atoms with Gasteiger partial charge in [-0.15, -0.1) is 0 Å². The summed E-state index contributed by atoms with van der Waals surface area (Å²) >= 11 is 0. The SMILES string of the molecule is COCC(CN)(C1CC1)N1CCC(N2CCCCC2)CC1. The lowest BCUT2D eigenvalue weighted by Crippen LogP contribution is -2.62. The first-order valence-electron chi connectivity index (χ1n) is 8.98. The van der Waals surface area contributed by atoms with Gasteiger partial charge in [-0.25, -0.2) is 0 Å². The van der Waals surface area contributed by atoms with Gasteiger partial charge in [-0.3, -0.25) is 4.90 Å². The number of methoxy groups -OCH3 is 1. The number of likely N-dealkylation sites (tertiary alicyclic amines) is 2. The average molecular weight is 295 g/mol. The standard InChI is InChI=1S/C17H33N3O/c1-21-14-17(13-18,15-5-6-15)20-11-7-16(8-12-20)19-9-3-2-4-10-19/h15-16H,2-14,18H2,1H3. The fraction of sp³-hybridized carbons (Fsp3) is 1.00. The fourth-order valence-electron chi connectivity index (χ4n) is 4.65. The molecule has 1 unspecified atom stereocenters. The van der Waals surface area contributed by atoms with Gasteiger partial charge in [0.15, 0.2) is 0 Å². The van der Waals surface area contributed by atoms with E-state index in [4.69, 9.17) is 10.5 Å². The second kappa shape index (κ2) is 6.95. The van der Waals surface area contributed by atoms with E-state index in [0.717, 1.165) is 25.1 Å². The van der Waals surface area contributed by atoms with Crippen LogP contribution in [0.4, 0.5) is 0 Å². The molecule has 1 saturated carbocycles. The Bertz CT molecular complexity index is 320. The fourth-order valence-corrected chi connectivity index (χ4v) is 4.65. The largest absolute Gasteiger partial charge is 0.383 e. The Morgan fingerprint density at radius 1 is 1.00 bits per heavy atom. The van der Waals surface area contributed by atoms with Crippen molar-refractivity contribution < 1.29 is 4.74 Å². The molecule has 3 fully saturated rings. The normalized spacial score (nSPS) is 29.4. The van der Waals surface area contributed by atoms with E-state index >= 15 is 0 Å². The predicted molar refractivity (Wildman–Crippen MR) is 86.4 cm³/mol. The number of nitrogens with two attached hydrogens (primary N) is 1. The number of piperidine rings is 2. The van der Waals surface area contributed by atoms with Gasteiger partial charge in [0, 0.05) is 32.8 Å². The van der Waals surface area contributed by atoms with E-state index in [9.17, 15) is 0 Å². The van der Waals surface area contributed by atoms with Gasteiger partial charge in [-0.1, -0.05) is 6.42 Å². The van der Waals surface area contributed by atoms with Crippen LogP contribution in [0.5, 0.6) is 0 Å². The maximum Gasteiger partial charge on any atom is 0.0661 e. The van der Waals surface area contributed by atoms with E-state index < -0.39 is 0 Å². The van der Waals surface area contributed by atoms with Gasteiger partial charge in [0.05, 0.1) is 12.1 Å². The summed E-state index contributed by atoms with van der Waals surface area (Å²) in [5.41, 5.74) is 6.34. The molecule has 122 valence electrons. The molecule has 21 heavy (non-hydrogen) atoms. The minimum Gasteiger partial charge on any atom is -0.383 e. The summed E-state index contributed by atoms with van der Waals surface area (Å²) in [6.45, 7) is 6.62. The Labute approximate surface area is 130 Å². The maximum absolute atomic E-state index is 6.21. The number of hydrogen-bond acceptors (Lipinski definition) is 4. The summed E-state index contributed by atoms with van der Waals surface area (Å²) < 4.78 is 5.56. The number of nitrogens with zero attached hydrogens (tertiary/aromatic N) is 2. The number of rotatable bonds is 6. The molecule has 3 aliphatic rings. The highest BCUT2D eigenvalue weighted by atomic mass is 16.5. The Morgan fingerprint density at radius 2 is 1.67 bits per heavy atom. The molecule has 0 aromatic rings. The summed E-state index contributed by atoms with van der Waals surface area (Å²) in [5, 5.41) is 0. The lowest BCUT2D eigenvalue weighted by Gasteiger charge is -2.48. The lowest BCUT2D eigenvalue weighted by molar-refractivity contribution is -0.0277. The molecule has 0 amide bonds. The Hall–Kier alpha value is -0.160. The van der Waals surface area contributed by atoms with E-state index in [-0.39, 0.29) is 5.54 Å². The van der Waals surface area contributed by atoms with Crippen molar-refractivity contribution in [1.29, 1.82) is 0 Å². The van der Waals surface area contributed by atoms with E-state index in [0.29, 0.717) is 0 Å². The van der Waals surface area contributed by atoms with Crippen LogP contribution in [-0.2, 0) is 4.74 Å². The van der Waals surface area contributed by atoms with Crippen molar-refractivity contribution in [3.8, 4) is 0 Å². The summed E-state index contributed by atoms with van der Waals surface area (Å²) in [4.78, 5) is 5.42. The molecular weight excluding hydrogens is 262 g/mol. The molecule has 2 N–H and O–H groups in total. The Balaban J connectivity index is 1.58. The van der Waals surface area contributed by atoms with Gasteiger partial charge in [0.25, 0.3) is 0 Å². The smallest absolute Gasteiger partial charge is 0.0661 e. The van der Waals surface area contributed by atoms with Crippen molar-refractivity contribution >= 4 is 0 Å². The summed E-state index contributed by atoms with van der Waals surface area (Å²) in [6, 6.07) is 0.818. The van der Waals surface area contributed by atoms with Crippen LogP contribution in [0.3, 0.4) is 0 Å². The molecule has 0 radical (unpaired) electrons. The first-order chi connectivity index (χ1) is 10.3. The van der Waals surface area contributed by atoms with Crippen molar-refractivity contribution in [2.24, 2.45) is 11.7 Å². The zero-order chi connectivity index (χ0) is 14.7. The second-order valence-electron chi connectivity index (χ2n) is 7.33. The minimum atomic E-state index is 0.127. The van der Waals surface area contributed by atoms with Crippen molar-refractivity contribution in [3.63, 3.8) is 0 Å². The summed E-state index contributed by atoms with van der Waals surface area (Å²) in [6.07, 6.45) is 9.55. The van der Waals surface area contributed by atoms with Crippen LogP contribution in [0.1, 0.15) is 44.9 Å². The third-order valence-electron chi connectivity index (χ3n) is 6.09. The van der Waals surface area contributed by atoms with Crippen molar-refractivity contribution in [2.75, 3.05) is 46.4 Å². The van der Waals surface area contributed by atoms with E-state index in [1.165, 1.54) is 71.1 Å². The van der Waals surface area contributed by atoms with Crippen LogP contribution in [0.15, 0.2) is 0 Å². The molecule has 0 aromatic heterocycles. The molecule has 2 heterocycles. The van der Waals surface area contributed by atoms with Crippen LogP contribution in [-0.4, -0.2) is 67.8 Å². The third kappa shape index (κ3) is 3.29. The highest BCUT2D eigenvalue weighted by Gasteiger charge is 2.49. The Kier molecular flexibility index (Phi) is 5.20. The molecule has 2 saturated heterocycles. The van der Waals surface area contributed by atoms with Crippen LogP contribution in [0, 0.1) is 5.92 Å². The first-order valence-corrected chi connectivity index (χ1v) is 8.98. The van der Waals surface area contributed by atoms with Crippen molar-refractivity contribution in [3.05, 3.63) is 0 Å². The Morgan fingerprint density at radius 3 is 2.19 bits per heavy atom. The van der Waals surface area contributed by atoms with Crippen molar-refractivity contribution in [2.45, 2.75) is 56.5 Å². The zero-order valence-electron chi connectivity index (χ0n) is 13.7. The topological polar surface area (TPSA) is 41.7 Å². The van der Waals surface area contributed by atoms with Gasteiger partial charge in [0.1, 0.15) is 0 Å². The minimum absolute atomic E-state index is 0.127. The van der Waals surface area contributed by atoms with Gasteiger partial charge in [-0.2, -0.15) is 0 Å². The molecule has 0 aromatic carbocycles. The predicted octanol–water partition coefficient (Wildman–Crippen LogP) is 1.69. The maximum atomic E-state index is 6.21. The average Bonchev–Trinajstić information content (AvgIpc) is 3.39. The van der Waals surface area contributed by atoms with Crippen LogP contribution in [0.25, 0.3) is 0 Å². The molecule has 1 atom stereocenters. The monoisotopic (exact) mass is 295 g/mol. The summed E-state index contributed by atoms with van der Waals surface area (Å²) in [7, 11) is 1.83. The highest BCUT2D eigenvalue weighted by Crippen LogP contribution is 2.44. The molecule has 2 aliphatic heterocycles. The van der Waals surface area contributed by atoms with Crippen molar-refractivity contribution in [1.82, 2.24) is 9.80 Å². The molecule has 3 rings (SSSR count). The number of ether oxygens (including phenoxy) is 1. The molecule has 0 bridgehead atoms.